The molecule has 1 aliphatic heterocycles. The number of benzene rings is 1. The highest BCUT2D eigenvalue weighted by atomic mass is 16.6. The van der Waals surface area contributed by atoms with Crippen molar-refractivity contribution >= 4 is 6.09 Å². The van der Waals surface area contributed by atoms with Crippen molar-refractivity contribution in [2.75, 3.05) is 6.61 Å². The Morgan fingerprint density at radius 1 is 1.44 bits per heavy atom. The molecule has 1 amide bonds. The van der Waals surface area contributed by atoms with E-state index < -0.39 is 6.09 Å². The fourth-order valence-electron chi connectivity index (χ4n) is 1.83. The maximum Gasteiger partial charge on any atom is 0.421 e. The number of hydrogen-bond donors (Lipinski definition) is 2. The van der Waals surface area contributed by atoms with Crippen LogP contribution in [0, 0.1) is 0 Å². The van der Waals surface area contributed by atoms with Gasteiger partial charge in [0.2, 0.25) is 0 Å². The minimum Gasteiger partial charge on any atom is -0.444 e. The summed E-state index contributed by atoms with van der Waals surface area (Å²) in [5.74, 6) is 0. The van der Waals surface area contributed by atoms with E-state index in [1.54, 1.807) is 0 Å². The second-order valence-electron chi connectivity index (χ2n) is 4.30. The predicted molar refractivity (Wildman–Crippen MR) is 66.7 cm³/mol. The number of nitrogens with one attached hydrogen (secondary N) is 2. The molecule has 0 bridgehead atoms. The number of hydrazine groups is 1. The van der Waals surface area contributed by atoms with E-state index in [1.807, 2.05) is 37.3 Å². The minimum atomic E-state index is -0.474. The largest absolute Gasteiger partial charge is 0.444 e. The molecule has 1 saturated heterocycles. The lowest BCUT2D eigenvalue weighted by Gasteiger charge is -2.16. The van der Waals surface area contributed by atoms with Crippen molar-refractivity contribution in [2.24, 2.45) is 0 Å². The third kappa shape index (κ3) is 3.72. The van der Waals surface area contributed by atoms with Crippen molar-refractivity contribution in [1.29, 1.82) is 0 Å². The van der Waals surface area contributed by atoms with E-state index in [4.69, 9.17) is 9.47 Å². The molecule has 2 rings (SSSR count). The molecule has 18 heavy (non-hydrogen) atoms. The Morgan fingerprint density at radius 3 is 2.89 bits per heavy atom. The maximum atomic E-state index is 11.4. The Kier molecular flexibility index (Phi) is 4.55. The molecular formula is C13H18N2O3. The van der Waals surface area contributed by atoms with E-state index in [2.05, 4.69) is 10.9 Å². The lowest BCUT2D eigenvalue weighted by atomic mass is 10.2. The van der Waals surface area contributed by atoms with Gasteiger partial charge in [-0.3, -0.25) is 5.43 Å². The van der Waals surface area contributed by atoms with Crippen LogP contribution in [0.15, 0.2) is 30.3 Å². The van der Waals surface area contributed by atoms with E-state index in [1.165, 1.54) is 0 Å². The zero-order chi connectivity index (χ0) is 12.8. The molecular weight excluding hydrogens is 232 g/mol. The van der Waals surface area contributed by atoms with Crippen molar-refractivity contribution < 1.29 is 14.3 Å². The lowest BCUT2D eigenvalue weighted by molar-refractivity contribution is 0.104. The SMILES string of the molecule is C[C@@H]1OCC[C@@H]1NNC(=O)OCc1ccccc1. The van der Waals surface area contributed by atoms with E-state index in [-0.39, 0.29) is 18.8 Å². The number of carbonyl (C=O) groups excluding carboxylic acids is 1. The topological polar surface area (TPSA) is 59.6 Å². The quantitative estimate of drug-likeness (QED) is 0.797. The number of rotatable bonds is 4. The molecule has 1 heterocycles. The standard InChI is InChI=1S/C13H18N2O3/c1-10-12(7-8-17-10)14-15-13(16)18-9-11-5-3-2-4-6-11/h2-6,10,12,14H,7-9H2,1H3,(H,15,16)/t10-,12-/m0/s1. The molecule has 0 unspecified atom stereocenters. The first kappa shape index (κ1) is 12.9. The molecule has 1 aromatic rings. The summed E-state index contributed by atoms with van der Waals surface area (Å²) in [6.07, 6.45) is 0.525. The van der Waals surface area contributed by atoms with E-state index in [0.717, 1.165) is 18.6 Å². The molecule has 1 aromatic carbocycles. The van der Waals surface area contributed by atoms with Crippen LogP contribution in [0.4, 0.5) is 4.79 Å². The van der Waals surface area contributed by atoms with Gasteiger partial charge in [0.1, 0.15) is 6.61 Å². The van der Waals surface area contributed by atoms with E-state index in [9.17, 15) is 4.79 Å². The Balaban J connectivity index is 1.66. The molecule has 5 heteroatoms. The van der Waals surface area contributed by atoms with Crippen molar-refractivity contribution in [2.45, 2.75) is 32.1 Å². The van der Waals surface area contributed by atoms with Gasteiger partial charge in [-0.25, -0.2) is 10.2 Å². The molecule has 1 aliphatic rings. The Bertz CT molecular complexity index is 383. The van der Waals surface area contributed by atoms with Gasteiger partial charge < -0.3 is 9.47 Å². The summed E-state index contributed by atoms with van der Waals surface area (Å²) in [5.41, 5.74) is 6.42. The van der Waals surface area contributed by atoms with Crippen LogP contribution < -0.4 is 10.9 Å². The van der Waals surface area contributed by atoms with Crippen LogP contribution in [0.25, 0.3) is 0 Å². The van der Waals surface area contributed by atoms with Gasteiger partial charge in [0.15, 0.2) is 0 Å². The van der Waals surface area contributed by atoms with Crippen molar-refractivity contribution in [3.05, 3.63) is 35.9 Å². The fourth-order valence-corrected chi connectivity index (χ4v) is 1.83. The molecule has 1 fully saturated rings. The second-order valence-corrected chi connectivity index (χ2v) is 4.30. The summed E-state index contributed by atoms with van der Waals surface area (Å²) in [7, 11) is 0. The molecule has 0 spiro atoms. The third-order valence-electron chi connectivity index (χ3n) is 2.95. The van der Waals surface area contributed by atoms with Gasteiger partial charge in [-0.2, -0.15) is 0 Å². The Morgan fingerprint density at radius 2 is 2.22 bits per heavy atom. The molecule has 0 aliphatic carbocycles. The number of amides is 1. The van der Waals surface area contributed by atoms with E-state index >= 15 is 0 Å². The zero-order valence-corrected chi connectivity index (χ0v) is 10.4. The Labute approximate surface area is 106 Å². The smallest absolute Gasteiger partial charge is 0.421 e. The normalized spacial score (nSPS) is 22.7. The van der Waals surface area contributed by atoms with Crippen LogP contribution in [0.3, 0.4) is 0 Å². The average molecular weight is 250 g/mol. The van der Waals surface area contributed by atoms with E-state index in [0.29, 0.717) is 0 Å². The van der Waals surface area contributed by atoms with Gasteiger partial charge in [0.25, 0.3) is 0 Å². The van der Waals surface area contributed by atoms with Gasteiger partial charge in [0.05, 0.1) is 12.1 Å². The highest BCUT2D eigenvalue weighted by Gasteiger charge is 2.24. The molecule has 2 N–H and O–H groups in total. The zero-order valence-electron chi connectivity index (χ0n) is 10.4. The molecule has 0 radical (unpaired) electrons. The third-order valence-corrected chi connectivity index (χ3v) is 2.95. The summed E-state index contributed by atoms with van der Waals surface area (Å²) >= 11 is 0. The molecule has 0 saturated carbocycles. The van der Waals surface area contributed by atoms with Crippen LogP contribution >= 0.6 is 0 Å². The number of carbonyl (C=O) groups is 1. The van der Waals surface area contributed by atoms with Gasteiger partial charge in [-0.15, -0.1) is 0 Å². The monoisotopic (exact) mass is 250 g/mol. The average Bonchev–Trinajstić information content (AvgIpc) is 2.81. The minimum absolute atomic E-state index is 0.111. The molecule has 0 aromatic heterocycles. The van der Waals surface area contributed by atoms with Gasteiger partial charge in [-0.1, -0.05) is 30.3 Å². The van der Waals surface area contributed by atoms with Crippen LogP contribution in [0.5, 0.6) is 0 Å². The summed E-state index contributed by atoms with van der Waals surface area (Å²) in [5, 5.41) is 0. The maximum absolute atomic E-state index is 11.4. The summed E-state index contributed by atoms with van der Waals surface area (Å²) < 4.78 is 10.4. The van der Waals surface area contributed by atoms with Crippen LogP contribution in [-0.2, 0) is 16.1 Å². The fraction of sp³-hybridized carbons (Fsp3) is 0.462. The summed E-state index contributed by atoms with van der Waals surface area (Å²) in [4.78, 5) is 11.4. The second kappa shape index (κ2) is 6.37. The van der Waals surface area contributed by atoms with Crippen molar-refractivity contribution in [3.8, 4) is 0 Å². The molecule has 5 nitrogen and oxygen atoms in total. The molecule has 98 valence electrons. The lowest BCUT2D eigenvalue weighted by Crippen LogP contribution is -2.47. The first-order valence-electron chi connectivity index (χ1n) is 6.09. The number of hydrogen-bond acceptors (Lipinski definition) is 4. The summed E-state index contributed by atoms with van der Waals surface area (Å²) in [6.45, 7) is 2.96. The first-order valence-corrected chi connectivity index (χ1v) is 6.09. The van der Waals surface area contributed by atoms with Gasteiger partial charge in [-0.05, 0) is 18.9 Å². The first-order chi connectivity index (χ1) is 8.75. The van der Waals surface area contributed by atoms with Gasteiger partial charge in [0, 0.05) is 6.61 Å². The predicted octanol–water partition coefficient (Wildman–Crippen LogP) is 1.59. The van der Waals surface area contributed by atoms with Crippen LogP contribution in [0.2, 0.25) is 0 Å². The van der Waals surface area contributed by atoms with Gasteiger partial charge >= 0.3 is 6.09 Å². The molecule has 2 atom stereocenters. The van der Waals surface area contributed by atoms with Crippen molar-refractivity contribution in [3.63, 3.8) is 0 Å². The van der Waals surface area contributed by atoms with Crippen LogP contribution in [-0.4, -0.2) is 24.8 Å². The van der Waals surface area contributed by atoms with Crippen LogP contribution in [0.1, 0.15) is 18.9 Å². The number of ether oxygens (including phenoxy) is 2. The highest BCUT2D eigenvalue weighted by molar-refractivity contribution is 5.66. The summed E-state index contributed by atoms with van der Waals surface area (Å²) in [6, 6.07) is 9.71. The van der Waals surface area contributed by atoms with Crippen molar-refractivity contribution in [1.82, 2.24) is 10.9 Å². The Hall–Kier alpha value is -1.59. The highest BCUT2D eigenvalue weighted by Crippen LogP contribution is 2.11.